The first-order valence-electron chi connectivity index (χ1n) is 4.98. The van der Waals surface area contributed by atoms with E-state index in [1.165, 1.54) is 0 Å². The largest absolute Gasteiger partial charge is 0.335 e. The van der Waals surface area contributed by atoms with Gasteiger partial charge in [0.15, 0.2) is 0 Å². The third kappa shape index (κ3) is 3.46. The van der Waals surface area contributed by atoms with E-state index in [9.17, 15) is 4.79 Å². The summed E-state index contributed by atoms with van der Waals surface area (Å²) in [6.45, 7) is 4.43. The Hall–Kier alpha value is -0.610. The lowest BCUT2D eigenvalue weighted by molar-refractivity contribution is 0.0711. The van der Waals surface area contributed by atoms with Crippen LogP contribution in [0.4, 0.5) is 0 Å². The summed E-state index contributed by atoms with van der Waals surface area (Å²) in [4.78, 5) is 13.9. The molecule has 0 radical (unpaired) electrons. The second-order valence-electron chi connectivity index (χ2n) is 3.64. The molecule has 0 aliphatic rings. The van der Waals surface area contributed by atoms with Crippen LogP contribution in [0.15, 0.2) is 11.4 Å². The minimum absolute atomic E-state index is 0.0180. The molecule has 0 aliphatic carbocycles. The van der Waals surface area contributed by atoms with Crippen molar-refractivity contribution in [1.82, 2.24) is 4.90 Å². The maximum absolute atomic E-state index is 12.1. The van der Waals surface area contributed by atoms with Gasteiger partial charge in [0.25, 0.3) is 5.91 Å². The van der Waals surface area contributed by atoms with E-state index >= 15 is 0 Å². The standard InChI is InChI=1S/C11H13IN2OS/c1-8(2)14(5-3-4-13)11(15)9-6-10(12)16-7-9/h6-8H,3,5H2,1-2H3. The van der Waals surface area contributed by atoms with Crippen LogP contribution in [0, 0.1) is 14.2 Å². The lowest BCUT2D eigenvalue weighted by Gasteiger charge is -2.25. The lowest BCUT2D eigenvalue weighted by Crippen LogP contribution is -2.37. The van der Waals surface area contributed by atoms with Gasteiger partial charge in [0.1, 0.15) is 0 Å². The number of carbonyl (C=O) groups is 1. The molecule has 16 heavy (non-hydrogen) atoms. The monoisotopic (exact) mass is 348 g/mol. The first-order chi connectivity index (χ1) is 7.56. The van der Waals surface area contributed by atoms with Crippen molar-refractivity contribution in [2.45, 2.75) is 26.3 Å². The second kappa shape index (κ2) is 6.21. The highest BCUT2D eigenvalue weighted by molar-refractivity contribution is 14.1. The average Bonchev–Trinajstić information content (AvgIpc) is 2.64. The molecule has 0 spiro atoms. The minimum Gasteiger partial charge on any atom is -0.335 e. The Bertz CT molecular complexity index is 408. The number of hydrogen-bond donors (Lipinski definition) is 0. The van der Waals surface area contributed by atoms with E-state index in [2.05, 4.69) is 28.7 Å². The summed E-state index contributed by atoms with van der Waals surface area (Å²) < 4.78 is 1.10. The SMILES string of the molecule is CC(C)N(CCC#N)C(=O)c1csc(I)c1. The van der Waals surface area contributed by atoms with Crippen LogP contribution in [0.1, 0.15) is 30.6 Å². The normalized spacial score (nSPS) is 10.2. The number of rotatable bonds is 4. The molecule has 0 atom stereocenters. The predicted molar refractivity (Wildman–Crippen MR) is 73.4 cm³/mol. The van der Waals surface area contributed by atoms with E-state index in [0.29, 0.717) is 13.0 Å². The smallest absolute Gasteiger partial charge is 0.254 e. The average molecular weight is 348 g/mol. The van der Waals surface area contributed by atoms with Crippen molar-refractivity contribution >= 4 is 39.8 Å². The number of nitrogens with zero attached hydrogens (tertiary/aromatic N) is 2. The Labute approximate surface area is 113 Å². The van der Waals surface area contributed by atoms with Crippen LogP contribution in [0.2, 0.25) is 0 Å². The van der Waals surface area contributed by atoms with Gasteiger partial charge in [-0.2, -0.15) is 5.26 Å². The van der Waals surface area contributed by atoms with Crippen molar-refractivity contribution in [3.05, 3.63) is 19.9 Å². The van der Waals surface area contributed by atoms with Crippen molar-refractivity contribution in [2.75, 3.05) is 6.54 Å². The highest BCUT2D eigenvalue weighted by Crippen LogP contribution is 2.19. The third-order valence-electron chi connectivity index (χ3n) is 2.16. The lowest BCUT2D eigenvalue weighted by atomic mass is 10.2. The number of amides is 1. The molecule has 0 saturated heterocycles. The van der Waals surface area contributed by atoms with E-state index in [1.54, 1.807) is 16.2 Å². The van der Waals surface area contributed by atoms with Gasteiger partial charge in [0.2, 0.25) is 0 Å². The predicted octanol–water partition coefficient (Wildman–Crippen LogP) is 3.12. The fraction of sp³-hybridized carbons (Fsp3) is 0.455. The summed E-state index contributed by atoms with van der Waals surface area (Å²) in [5, 5.41) is 10.4. The molecule has 0 N–H and O–H groups in total. The van der Waals surface area contributed by atoms with Crippen molar-refractivity contribution < 1.29 is 4.79 Å². The number of thiophene rings is 1. The van der Waals surface area contributed by atoms with E-state index < -0.39 is 0 Å². The minimum atomic E-state index is 0.0180. The molecule has 1 amide bonds. The molecule has 3 nitrogen and oxygen atoms in total. The maximum Gasteiger partial charge on any atom is 0.254 e. The molecule has 0 aliphatic heterocycles. The highest BCUT2D eigenvalue weighted by atomic mass is 127. The fourth-order valence-corrected chi connectivity index (χ4v) is 2.67. The van der Waals surface area contributed by atoms with Gasteiger partial charge in [-0.05, 0) is 42.5 Å². The molecule has 0 bridgehead atoms. The molecule has 0 aromatic carbocycles. The fourth-order valence-electron chi connectivity index (χ4n) is 1.35. The summed E-state index contributed by atoms with van der Waals surface area (Å²) >= 11 is 3.76. The first kappa shape index (κ1) is 13.5. The van der Waals surface area contributed by atoms with Gasteiger partial charge < -0.3 is 4.90 Å². The van der Waals surface area contributed by atoms with Gasteiger partial charge in [-0.3, -0.25) is 4.79 Å². The zero-order chi connectivity index (χ0) is 12.1. The van der Waals surface area contributed by atoms with Crippen LogP contribution in [-0.2, 0) is 0 Å². The molecule has 5 heteroatoms. The van der Waals surface area contributed by atoms with Gasteiger partial charge in [-0.25, -0.2) is 0 Å². The molecule has 0 saturated carbocycles. The molecular weight excluding hydrogens is 335 g/mol. The summed E-state index contributed by atoms with van der Waals surface area (Å²) in [5.74, 6) is 0.0180. The summed E-state index contributed by atoms with van der Waals surface area (Å²) in [6, 6.07) is 4.08. The molecule has 1 aromatic heterocycles. The quantitative estimate of drug-likeness (QED) is 0.785. The van der Waals surface area contributed by atoms with Gasteiger partial charge in [0, 0.05) is 18.0 Å². The molecule has 1 rings (SSSR count). The Morgan fingerprint density at radius 3 is 2.81 bits per heavy atom. The second-order valence-corrected chi connectivity index (χ2v) is 6.45. The summed E-state index contributed by atoms with van der Waals surface area (Å²) in [5.41, 5.74) is 0.723. The van der Waals surface area contributed by atoms with Crippen LogP contribution in [0.5, 0.6) is 0 Å². The van der Waals surface area contributed by atoms with Gasteiger partial charge in [0.05, 0.1) is 20.9 Å². The topological polar surface area (TPSA) is 44.1 Å². The van der Waals surface area contributed by atoms with Crippen molar-refractivity contribution in [1.29, 1.82) is 5.26 Å². The van der Waals surface area contributed by atoms with E-state index in [1.807, 2.05) is 25.3 Å². The third-order valence-corrected chi connectivity index (χ3v) is 3.95. The number of hydrogen-bond acceptors (Lipinski definition) is 3. The van der Waals surface area contributed by atoms with Crippen molar-refractivity contribution in [3.63, 3.8) is 0 Å². The number of carbonyl (C=O) groups excluding carboxylic acids is 1. The zero-order valence-corrected chi connectivity index (χ0v) is 12.2. The summed E-state index contributed by atoms with van der Waals surface area (Å²) in [7, 11) is 0. The first-order valence-corrected chi connectivity index (χ1v) is 6.94. The van der Waals surface area contributed by atoms with E-state index in [4.69, 9.17) is 5.26 Å². The zero-order valence-electron chi connectivity index (χ0n) is 9.24. The maximum atomic E-state index is 12.1. The Morgan fingerprint density at radius 1 is 1.69 bits per heavy atom. The van der Waals surface area contributed by atoms with Crippen LogP contribution in [-0.4, -0.2) is 23.4 Å². The van der Waals surface area contributed by atoms with Gasteiger partial charge >= 0.3 is 0 Å². The van der Waals surface area contributed by atoms with Crippen molar-refractivity contribution in [3.8, 4) is 6.07 Å². The van der Waals surface area contributed by atoms with Crippen LogP contribution >= 0.6 is 33.9 Å². The number of nitriles is 1. The molecule has 0 fully saturated rings. The Morgan fingerprint density at radius 2 is 2.38 bits per heavy atom. The van der Waals surface area contributed by atoms with E-state index in [0.717, 1.165) is 8.45 Å². The van der Waals surface area contributed by atoms with Crippen LogP contribution in [0.3, 0.4) is 0 Å². The number of halogens is 1. The molecule has 86 valence electrons. The molecule has 0 unspecified atom stereocenters. The molecule has 1 aromatic rings. The van der Waals surface area contributed by atoms with Gasteiger partial charge in [-0.1, -0.05) is 0 Å². The van der Waals surface area contributed by atoms with E-state index in [-0.39, 0.29) is 11.9 Å². The molecular formula is C11H13IN2OS. The van der Waals surface area contributed by atoms with Crippen LogP contribution in [0.25, 0.3) is 0 Å². The van der Waals surface area contributed by atoms with Crippen molar-refractivity contribution in [2.24, 2.45) is 0 Å². The summed E-state index contributed by atoms with van der Waals surface area (Å²) in [6.07, 6.45) is 0.380. The Kier molecular flexibility index (Phi) is 5.22. The van der Waals surface area contributed by atoms with Crippen LogP contribution < -0.4 is 0 Å². The molecule has 1 heterocycles. The van der Waals surface area contributed by atoms with Gasteiger partial charge in [-0.15, -0.1) is 11.3 Å². The Balaban J connectivity index is 2.79. The highest BCUT2D eigenvalue weighted by Gasteiger charge is 2.19.